The molecule has 0 aliphatic carbocycles. The van der Waals surface area contributed by atoms with E-state index in [0.717, 1.165) is 35.8 Å². The normalized spacial score (nSPS) is 11.8. The number of thiazole rings is 1. The van der Waals surface area contributed by atoms with E-state index >= 15 is 0 Å². The van der Waals surface area contributed by atoms with Crippen LogP contribution in [0.3, 0.4) is 0 Å². The first kappa shape index (κ1) is 15.1. The Morgan fingerprint density at radius 1 is 1.25 bits per heavy atom. The molecule has 0 radical (unpaired) electrons. The summed E-state index contributed by atoms with van der Waals surface area (Å²) in [4.78, 5) is 4.59. The predicted molar refractivity (Wildman–Crippen MR) is 83.3 cm³/mol. The molecular weight excluding hydrogens is 271 g/mol. The highest BCUT2D eigenvalue weighted by molar-refractivity contribution is 7.13. The topological polar surface area (TPSA) is 24.9 Å². The molecule has 0 aliphatic heterocycles. The molecule has 0 atom stereocenters. The lowest BCUT2D eigenvalue weighted by Crippen LogP contribution is -2.28. The molecule has 0 spiro atoms. The highest BCUT2D eigenvalue weighted by Crippen LogP contribution is 2.24. The van der Waals surface area contributed by atoms with Gasteiger partial charge in [0.15, 0.2) is 0 Å². The molecule has 0 saturated heterocycles. The molecule has 0 amide bonds. The monoisotopic (exact) mass is 292 g/mol. The molecule has 20 heavy (non-hydrogen) atoms. The van der Waals surface area contributed by atoms with Gasteiger partial charge in [-0.3, -0.25) is 0 Å². The maximum Gasteiger partial charge on any atom is 0.123 e. The first-order valence-electron chi connectivity index (χ1n) is 6.91. The Hall–Kier alpha value is -1.26. The van der Waals surface area contributed by atoms with Crippen molar-refractivity contribution in [2.24, 2.45) is 5.41 Å². The molecule has 1 heterocycles. The van der Waals surface area contributed by atoms with Crippen molar-refractivity contribution < 1.29 is 4.39 Å². The summed E-state index contributed by atoms with van der Waals surface area (Å²) in [6.07, 6.45) is 1.15. The lowest BCUT2D eigenvalue weighted by Gasteiger charge is -2.22. The van der Waals surface area contributed by atoms with Crippen LogP contribution >= 0.6 is 11.3 Å². The van der Waals surface area contributed by atoms with Crippen molar-refractivity contribution in [3.05, 3.63) is 41.2 Å². The van der Waals surface area contributed by atoms with Gasteiger partial charge in [-0.2, -0.15) is 0 Å². The van der Waals surface area contributed by atoms with Crippen molar-refractivity contribution in [2.45, 2.75) is 33.7 Å². The minimum Gasteiger partial charge on any atom is -0.311 e. The van der Waals surface area contributed by atoms with Crippen molar-refractivity contribution in [1.82, 2.24) is 10.3 Å². The SMILES string of the molecule is CCC(C)(C)CNCc1csc(-c2ccc(F)cc2)n1. The van der Waals surface area contributed by atoms with Crippen molar-refractivity contribution in [1.29, 1.82) is 0 Å². The summed E-state index contributed by atoms with van der Waals surface area (Å²) in [5.74, 6) is -0.214. The average molecular weight is 292 g/mol. The quantitative estimate of drug-likeness (QED) is 0.849. The van der Waals surface area contributed by atoms with E-state index in [-0.39, 0.29) is 5.82 Å². The molecule has 1 aromatic heterocycles. The number of hydrogen-bond acceptors (Lipinski definition) is 3. The van der Waals surface area contributed by atoms with Gasteiger partial charge < -0.3 is 5.32 Å². The lowest BCUT2D eigenvalue weighted by atomic mass is 9.90. The average Bonchev–Trinajstić information content (AvgIpc) is 2.88. The van der Waals surface area contributed by atoms with E-state index < -0.39 is 0 Å². The van der Waals surface area contributed by atoms with Crippen LogP contribution in [0.15, 0.2) is 29.6 Å². The third-order valence-corrected chi connectivity index (χ3v) is 4.45. The summed E-state index contributed by atoms with van der Waals surface area (Å²) < 4.78 is 12.9. The second-order valence-electron chi connectivity index (χ2n) is 5.77. The van der Waals surface area contributed by atoms with Crippen molar-refractivity contribution in [3.63, 3.8) is 0 Å². The molecule has 0 fully saturated rings. The maximum atomic E-state index is 12.9. The van der Waals surface area contributed by atoms with E-state index in [2.05, 4.69) is 36.5 Å². The van der Waals surface area contributed by atoms with Crippen molar-refractivity contribution in [3.8, 4) is 10.6 Å². The Bertz CT molecular complexity index is 546. The van der Waals surface area contributed by atoms with Crippen LogP contribution in [0.25, 0.3) is 10.6 Å². The fourth-order valence-corrected chi connectivity index (χ4v) is 2.59. The number of halogens is 1. The number of nitrogens with one attached hydrogen (secondary N) is 1. The third kappa shape index (κ3) is 4.12. The van der Waals surface area contributed by atoms with Crippen molar-refractivity contribution in [2.75, 3.05) is 6.54 Å². The summed E-state index contributed by atoms with van der Waals surface area (Å²) in [5.41, 5.74) is 2.33. The van der Waals surface area contributed by atoms with E-state index in [9.17, 15) is 4.39 Å². The van der Waals surface area contributed by atoms with Crippen LogP contribution in [0.5, 0.6) is 0 Å². The predicted octanol–water partition coefficient (Wildman–Crippen LogP) is 4.48. The smallest absolute Gasteiger partial charge is 0.123 e. The van der Waals surface area contributed by atoms with E-state index in [1.165, 1.54) is 12.1 Å². The van der Waals surface area contributed by atoms with Gasteiger partial charge >= 0.3 is 0 Å². The van der Waals surface area contributed by atoms with Crippen LogP contribution in [0.4, 0.5) is 4.39 Å². The Labute approximate surface area is 124 Å². The van der Waals surface area contributed by atoms with E-state index in [0.29, 0.717) is 5.41 Å². The number of rotatable bonds is 6. The fraction of sp³-hybridized carbons (Fsp3) is 0.438. The van der Waals surface area contributed by atoms with Crippen LogP contribution in [0.1, 0.15) is 32.9 Å². The van der Waals surface area contributed by atoms with Gasteiger partial charge in [-0.05, 0) is 36.1 Å². The molecular formula is C16H21FN2S. The zero-order chi connectivity index (χ0) is 14.6. The second kappa shape index (κ2) is 6.46. The van der Waals surface area contributed by atoms with E-state index in [1.54, 1.807) is 23.5 Å². The first-order valence-corrected chi connectivity index (χ1v) is 7.79. The minimum atomic E-state index is -0.214. The number of hydrogen-bond donors (Lipinski definition) is 1. The van der Waals surface area contributed by atoms with Crippen molar-refractivity contribution >= 4 is 11.3 Å². The molecule has 0 saturated carbocycles. The van der Waals surface area contributed by atoms with Gasteiger partial charge in [0, 0.05) is 24.0 Å². The zero-order valence-electron chi connectivity index (χ0n) is 12.2. The summed E-state index contributed by atoms with van der Waals surface area (Å²) >= 11 is 1.60. The van der Waals surface area contributed by atoms with Gasteiger partial charge in [-0.1, -0.05) is 20.8 Å². The van der Waals surface area contributed by atoms with Gasteiger partial charge in [0.2, 0.25) is 0 Å². The molecule has 1 N–H and O–H groups in total. The summed E-state index contributed by atoms with van der Waals surface area (Å²) in [6.45, 7) is 8.47. The Balaban J connectivity index is 1.94. The molecule has 0 aliphatic rings. The molecule has 2 rings (SSSR count). The summed E-state index contributed by atoms with van der Waals surface area (Å²) in [7, 11) is 0. The van der Waals surface area contributed by atoms with Gasteiger partial charge in [0.05, 0.1) is 5.69 Å². The molecule has 2 nitrogen and oxygen atoms in total. The maximum absolute atomic E-state index is 12.9. The van der Waals surface area contributed by atoms with E-state index in [4.69, 9.17) is 0 Å². The van der Waals surface area contributed by atoms with Gasteiger partial charge in [0.1, 0.15) is 10.8 Å². The molecule has 108 valence electrons. The fourth-order valence-electron chi connectivity index (χ4n) is 1.77. The van der Waals surface area contributed by atoms with Gasteiger partial charge in [-0.15, -0.1) is 11.3 Å². The standard InChI is InChI=1S/C16H21FN2S/c1-4-16(2,3)11-18-9-14-10-20-15(19-14)12-5-7-13(17)8-6-12/h5-8,10,18H,4,9,11H2,1-3H3. The van der Waals surface area contributed by atoms with Crippen LogP contribution in [0.2, 0.25) is 0 Å². The Morgan fingerprint density at radius 3 is 2.60 bits per heavy atom. The molecule has 0 unspecified atom stereocenters. The molecule has 4 heteroatoms. The highest BCUT2D eigenvalue weighted by Gasteiger charge is 2.14. The largest absolute Gasteiger partial charge is 0.311 e. The molecule has 2 aromatic rings. The highest BCUT2D eigenvalue weighted by atomic mass is 32.1. The zero-order valence-corrected chi connectivity index (χ0v) is 13.1. The van der Waals surface area contributed by atoms with E-state index in [1.807, 2.05) is 0 Å². The lowest BCUT2D eigenvalue weighted by molar-refractivity contribution is 0.327. The number of benzene rings is 1. The first-order chi connectivity index (χ1) is 9.50. The Morgan fingerprint density at radius 2 is 1.95 bits per heavy atom. The van der Waals surface area contributed by atoms with Crippen LogP contribution in [0, 0.1) is 11.2 Å². The molecule has 1 aromatic carbocycles. The summed E-state index contributed by atoms with van der Waals surface area (Å²) in [6, 6.07) is 6.48. The number of nitrogens with zero attached hydrogens (tertiary/aromatic N) is 1. The molecule has 0 bridgehead atoms. The second-order valence-corrected chi connectivity index (χ2v) is 6.63. The van der Waals surface area contributed by atoms with Gasteiger partial charge in [0.25, 0.3) is 0 Å². The van der Waals surface area contributed by atoms with Crippen LogP contribution in [-0.2, 0) is 6.54 Å². The minimum absolute atomic E-state index is 0.214. The van der Waals surface area contributed by atoms with Gasteiger partial charge in [-0.25, -0.2) is 9.37 Å². The Kier molecular flexibility index (Phi) is 4.89. The number of aromatic nitrogens is 1. The third-order valence-electron chi connectivity index (χ3n) is 3.51. The summed E-state index contributed by atoms with van der Waals surface area (Å²) in [5, 5.41) is 6.45. The van der Waals surface area contributed by atoms with Crippen LogP contribution < -0.4 is 5.32 Å². The van der Waals surface area contributed by atoms with Crippen LogP contribution in [-0.4, -0.2) is 11.5 Å².